The van der Waals surface area contributed by atoms with E-state index in [1.807, 2.05) is 0 Å². The molecule has 0 aliphatic heterocycles. The number of nitrogens with one attached hydrogen (secondary N) is 1. The van der Waals surface area contributed by atoms with Crippen LogP contribution < -0.4 is 0 Å². The molecule has 0 aliphatic rings. The first-order valence-corrected chi connectivity index (χ1v) is 6.43. The van der Waals surface area contributed by atoms with Gasteiger partial charge in [-0.2, -0.15) is 0 Å². The third-order valence-electron chi connectivity index (χ3n) is 3.22. The summed E-state index contributed by atoms with van der Waals surface area (Å²) in [5, 5.41) is 0.256. The third kappa shape index (κ3) is 2.38. The number of fused-ring (bicyclic) bond motifs is 1. The Labute approximate surface area is 122 Å². The number of H-pyrrole nitrogens is 1. The highest BCUT2D eigenvalue weighted by atomic mass is 35.5. The van der Waals surface area contributed by atoms with Crippen LogP contribution in [0.25, 0.3) is 10.9 Å². The van der Waals surface area contributed by atoms with Crippen LogP contribution in [-0.4, -0.2) is 4.98 Å². The molecule has 0 saturated heterocycles. The highest BCUT2D eigenvalue weighted by molar-refractivity contribution is 6.30. The average Bonchev–Trinajstić information content (AvgIpc) is 2.89. The molecular formula is C15H8ClF4N. The van der Waals surface area contributed by atoms with Crippen LogP contribution in [0.3, 0.4) is 0 Å². The van der Waals surface area contributed by atoms with Crippen LogP contribution in [0.5, 0.6) is 0 Å². The number of hydrogen-bond donors (Lipinski definition) is 1. The van der Waals surface area contributed by atoms with Crippen LogP contribution in [0.2, 0.25) is 5.02 Å². The highest BCUT2D eigenvalue weighted by Crippen LogP contribution is 2.28. The van der Waals surface area contributed by atoms with E-state index in [2.05, 4.69) is 4.98 Å². The van der Waals surface area contributed by atoms with E-state index in [1.54, 1.807) is 24.3 Å². The Morgan fingerprint density at radius 1 is 0.857 bits per heavy atom. The lowest BCUT2D eigenvalue weighted by Gasteiger charge is -1.99. The van der Waals surface area contributed by atoms with Crippen LogP contribution >= 0.6 is 11.6 Å². The molecule has 3 rings (SSSR count). The van der Waals surface area contributed by atoms with E-state index in [-0.39, 0.29) is 10.9 Å². The van der Waals surface area contributed by atoms with Gasteiger partial charge < -0.3 is 4.98 Å². The predicted molar refractivity (Wildman–Crippen MR) is 72.4 cm³/mol. The molecule has 1 heterocycles. The fourth-order valence-corrected chi connectivity index (χ4v) is 2.32. The molecule has 0 amide bonds. The zero-order valence-electron chi connectivity index (χ0n) is 10.5. The van der Waals surface area contributed by atoms with Crippen molar-refractivity contribution in [2.45, 2.75) is 6.42 Å². The molecule has 3 aromatic rings. The van der Waals surface area contributed by atoms with Gasteiger partial charge in [0.05, 0.1) is 5.52 Å². The molecule has 0 bridgehead atoms. The Morgan fingerprint density at radius 2 is 1.48 bits per heavy atom. The fourth-order valence-electron chi connectivity index (χ4n) is 2.19. The van der Waals surface area contributed by atoms with Gasteiger partial charge in [0.25, 0.3) is 0 Å². The number of halogens is 5. The molecule has 1 aromatic heterocycles. The molecule has 0 atom stereocenters. The lowest BCUT2D eigenvalue weighted by atomic mass is 10.1. The van der Waals surface area contributed by atoms with E-state index < -0.39 is 23.3 Å². The summed E-state index contributed by atoms with van der Waals surface area (Å²) in [7, 11) is 0. The van der Waals surface area contributed by atoms with Gasteiger partial charge in [0, 0.05) is 22.5 Å². The molecular weight excluding hydrogens is 306 g/mol. The van der Waals surface area contributed by atoms with Crippen molar-refractivity contribution < 1.29 is 17.6 Å². The molecule has 2 aromatic carbocycles. The van der Waals surface area contributed by atoms with E-state index in [0.717, 1.165) is 5.56 Å². The topological polar surface area (TPSA) is 15.8 Å². The van der Waals surface area contributed by atoms with Gasteiger partial charge in [-0.1, -0.05) is 23.7 Å². The van der Waals surface area contributed by atoms with Gasteiger partial charge in [0.1, 0.15) is 0 Å². The van der Waals surface area contributed by atoms with Gasteiger partial charge in [-0.15, -0.1) is 0 Å². The summed E-state index contributed by atoms with van der Waals surface area (Å²) in [6.45, 7) is 0. The van der Waals surface area contributed by atoms with Crippen molar-refractivity contribution in [3.8, 4) is 0 Å². The largest absolute Gasteiger partial charge is 0.356 e. The number of aromatic amines is 1. The van der Waals surface area contributed by atoms with Gasteiger partial charge in [-0.25, -0.2) is 17.6 Å². The van der Waals surface area contributed by atoms with Gasteiger partial charge in [0.15, 0.2) is 23.3 Å². The van der Waals surface area contributed by atoms with Crippen molar-refractivity contribution in [1.29, 1.82) is 0 Å². The maximum absolute atomic E-state index is 13.6. The summed E-state index contributed by atoms with van der Waals surface area (Å²) < 4.78 is 53.6. The molecule has 0 spiro atoms. The zero-order valence-corrected chi connectivity index (χ0v) is 11.2. The maximum Gasteiger partial charge on any atom is 0.199 e. The smallest absolute Gasteiger partial charge is 0.199 e. The zero-order chi connectivity index (χ0) is 15.1. The molecule has 108 valence electrons. The van der Waals surface area contributed by atoms with Crippen molar-refractivity contribution in [2.24, 2.45) is 0 Å². The summed E-state index contributed by atoms with van der Waals surface area (Å²) in [4.78, 5) is 2.58. The van der Waals surface area contributed by atoms with Crippen LogP contribution in [0, 0.1) is 23.3 Å². The minimum absolute atomic E-state index is 0.310. The SMILES string of the molecule is Fc1c(F)c(F)c2[nH]c(Cc3ccc(Cl)cc3)cc2c1F. The van der Waals surface area contributed by atoms with Crippen molar-refractivity contribution in [2.75, 3.05) is 0 Å². The molecule has 0 radical (unpaired) electrons. The number of rotatable bonds is 2. The number of hydrogen-bond acceptors (Lipinski definition) is 0. The minimum atomic E-state index is -1.82. The molecule has 21 heavy (non-hydrogen) atoms. The summed E-state index contributed by atoms with van der Waals surface area (Å²) in [6, 6.07) is 8.13. The van der Waals surface area contributed by atoms with Gasteiger partial charge in [0.2, 0.25) is 0 Å². The first-order valence-electron chi connectivity index (χ1n) is 6.05. The van der Waals surface area contributed by atoms with E-state index in [4.69, 9.17) is 11.6 Å². The van der Waals surface area contributed by atoms with Crippen LogP contribution in [0.15, 0.2) is 30.3 Å². The lowest BCUT2D eigenvalue weighted by molar-refractivity contribution is 0.417. The summed E-state index contributed by atoms with van der Waals surface area (Å²) in [6.07, 6.45) is 0.327. The summed E-state index contributed by atoms with van der Waals surface area (Å²) in [5.41, 5.74) is 0.901. The van der Waals surface area contributed by atoms with Crippen LogP contribution in [-0.2, 0) is 6.42 Å². The van der Waals surface area contributed by atoms with Crippen molar-refractivity contribution in [3.63, 3.8) is 0 Å². The molecule has 6 heteroatoms. The van der Waals surface area contributed by atoms with E-state index in [9.17, 15) is 17.6 Å². The molecule has 0 aliphatic carbocycles. The van der Waals surface area contributed by atoms with Gasteiger partial charge >= 0.3 is 0 Å². The first-order chi connectivity index (χ1) is 9.97. The Balaban J connectivity index is 2.07. The second kappa shape index (κ2) is 5.07. The normalized spacial score (nSPS) is 11.3. The van der Waals surface area contributed by atoms with Crippen molar-refractivity contribution >= 4 is 22.5 Å². The summed E-state index contributed by atoms with van der Waals surface area (Å²) in [5.74, 6) is -6.45. The Kier molecular flexibility index (Phi) is 3.37. The predicted octanol–water partition coefficient (Wildman–Crippen LogP) is 4.97. The van der Waals surface area contributed by atoms with Crippen LogP contribution in [0.1, 0.15) is 11.3 Å². The second-order valence-corrected chi connectivity index (χ2v) is 5.08. The Hall–Kier alpha value is -2.01. The number of aromatic nitrogens is 1. The molecule has 0 unspecified atom stereocenters. The maximum atomic E-state index is 13.6. The molecule has 1 nitrogen and oxygen atoms in total. The minimum Gasteiger partial charge on any atom is -0.356 e. The number of benzene rings is 2. The molecule has 1 N–H and O–H groups in total. The second-order valence-electron chi connectivity index (χ2n) is 4.64. The average molecular weight is 314 g/mol. The Morgan fingerprint density at radius 3 is 2.14 bits per heavy atom. The third-order valence-corrected chi connectivity index (χ3v) is 3.47. The van der Waals surface area contributed by atoms with E-state index in [0.29, 0.717) is 17.1 Å². The van der Waals surface area contributed by atoms with Crippen molar-refractivity contribution in [1.82, 2.24) is 4.98 Å². The Bertz CT molecular complexity index is 779. The molecule has 0 fully saturated rings. The van der Waals surface area contributed by atoms with E-state index in [1.165, 1.54) is 6.07 Å². The van der Waals surface area contributed by atoms with Crippen LogP contribution in [0.4, 0.5) is 17.6 Å². The fraction of sp³-hybridized carbons (Fsp3) is 0.0667. The highest BCUT2D eigenvalue weighted by Gasteiger charge is 2.22. The monoisotopic (exact) mass is 313 g/mol. The quantitative estimate of drug-likeness (QED) is 0.390. The first kappa shape index (κ1) is 13.9. The van der Waals surface area contributed by atoms with Crippen molar-refractivity contribution in [3.05, 3.63) is 69.9 Å². The van der Waals surface area contributed by atoms with E-state index >= 15 is 0 Å². The lowest BCUT2D eigenvalue weighted by Crippen LogP contribution is -1.96. The summed E-state index contributed by atoms with van der Waals surface area (Å²) >= 11 is 5.76. The van der Waals surface area contributed by atoms with Gasteiger partial charge in [-0.05, 0) is 23.8 Å². The molecule has 0 saturated carbocycles. The standard InChI is InChI=1S/C15H8ClF4N/c16-8-3-1-7(2-4-8)5-9-6-10-11(17)12(18)13(19)14(20)15(10)21-9/h1-4,6,21H,5H2. The van der Waals surface area contributed by atoms with Gasteiger partial charge in [-0.3, -0.25) is 0 Å².